The SMILES string of the molecule is c1ccc(-c2cc(-c3ccccc3)nc(-c3ccc(-n4c5ccccc5c5cccc(-c6cccc7c8ccccc8n(-c8ccc(-c9nc(-c%10ccccc%10)cc(-c%10ccccc%10)n9)cc8)c67)c54)cc3)n2)cc1. The van der Waals surface area contributed by atoms with E-state index < -0.39 is 0 Å². The molecule has 6 heteroatoms. The Morgan fingerprint density at radius 2 is 0.527 bits per heavy atom. The average Bonchev–Trinajstić information content (AvgIpc) is 4.05. The third-order valence-electron chi connectivity index (χ3n) is 14.2. The second-order valence-corrected chi connectivity index (χ2v) is 18.6. The van der Waals surface area contributed by atoms with Gasteiger partial charge in [0.2, 0.25) is 0 Å². The van der Waals surface area contributed by atoms with Gasteiger partial charge in [0, 0.05) is 77.4 Å². The van der Waals surface area contributed by atoms with Crippen LogP contribution in [-0.2, 0) is 0 Å². The smallest absolute Gasteiger partial charge is 0.160 e. The van der Waals surface area contributed by atoms with Gasteiger partial charge in [-0.15, -0.1) is 0 Å². The van der Waals surface area contributed by atoms with E-state index in [1.54, 1.807) is 0 Å². The summed E-state index contributed by atoms with van der Waals surface area (Å²) >= 11 is 0. The van der Waals surface area contributed by atoms with Crippen LogP contribution in [-0.4, -0.2) is 29.1 Å². The van der Waals surface area contributed by atoms with Crippen molar-refractivity contribution in [2.45, 2.75) is 0 Å². The molecule has 0 unspecified atom stereocenters. The van der Waals surface area contributed by atoms with Crippen molar-refractivity contribution in [2.24, 2.45) is 0 Å². The zero-order chi connectivity index (χ0) is 49.0. The van der Waals surface area contributed by atoms with Crippen LogP contribution in [0, 0.1) is 0 Å². The molecule has 0 saturated heterocycles. The standard InChI is InChI=1S/C68H44N6/c1-5-19-45(20-6-1)59-43-60(46-21-7-2-8-22-46)70-67(69-59)49-35-39-51(40-36-49)73-63-33-15-13-27-53(63)55-29-17-31-57(65(55)73)58-32-18-30-56-54-28-14-16-34-64(54)74(66(56)58)52-41-37-50(38-42-52)68-71-61(47-23-9-3-10-24-47)44-62(72-68)48-25-11-4-12-26-48/h1-44H. The maximum Gasteiger partial charge on any atom is 0.160 e. The summed E-state index contributed by atoms with van der Waals surface area (Å²) in [7, 11) is 0. The molecule has 0 fully saturated rings. The minimum Gasteiger partial charge on any atom is -0.309 e. The Hall–Kier alpha value is -10.0. The van der Waals surface area contributed by atoms with Gasteiger partial charge in [-0.1, -0.05) is 194 Å². The molecule has 10 aromatic carbocycles. The lowest BCUT2D eigenvalue weighted by atomic mass is 9.99. The fraction of sp³-hybridized carbons (Fsp3) is 0. The average molecular weight is 945 g/mol. The molecule has 14 rings (SSSR count). The molecule has 4 aromatic heterocycles. The molecule has 0 spiro atoms. The molecule has 74 heavy (non-hydrogen) atoms. The monoisotopic (exact) mass is 944 g/mol. The summed E-state index contributed by atoms with van der Waals surface area (Å²) in [6.07, 6.45) is 0. The molecular formula is C68H44N6. The molecule has 0 aliphatic carbocycles. The first-order valence-corrected chi connectivity index (χ1v) is 25.0. The van der Waals surface area contributed by atoms with Crippen molar-refractivity contribution < 1.29 is 0 Å². The van der Waals surface area contributed by atoms with Crippen molar-refractivity contribution in [2.75, 3.05) is 0 Å². The normalized spacial score (nSPS) is 11.5. The molecule has 0 saturated carbocycles. The number of para-hydroxylation sites is 4. The second kappa shape index (κ2) is 18.0. The topological polar surface area (TPSA) is 61.4 Å². The Kier molecular flexibility index (Phi) is 10.4. The predicted molar refractivity (Wildman–Crippen MR) is 304 cm³/mol. The Morgan fingerprint density at radius 1 is 0.230 bits per heavy atom. The Morgan fingerprint density at radius 3 is 0.865 bits per heavy atom. The number of hydrogen-bond donors (Lipinski definition) is 0. The molecule has 0 aliphatic heterocycles. The van der Waals surface area contributed by atoms with Crippen LogP contribution in [0.25, 0.3) is 134 Å². The lowest BCUT2D eigenvalue weighted by Crippen LogP contribution is -1.99. The minimum absolute atomic E-state index is 0.678. The van der Waals surface area contributed by atoms with Gasteiger partial charge in [0.05, 0.1) is 44.8 Å². The molecule has 0 atom stereocenters. The summed E-state index contributed by atoms with van der Waals surface area (Å²) in [5.74, 6) is 1.36. The number of rotatable bonds is 9. The van der Waals surface area contributed by atoms with E-state index in [2.05, 4.69) is 252 Å². The predicted octanol–water partition coefficient (Wildman–Crippen LogP) is 17.1. The van der Waals surface area contributed by atoms with Crippen molar-refractivity contribution >= 4 is 43.6 Å². The number of nitrogens with zero attached hydrogens (tertiary/aromatic N) is 6. The van der Waals surface area contributed by atoms with Crippen molar-refractivity contribution in [3.05, 3.63) is 267 Å². The summed E-state index contributed by atoms with van der Waals surface area (Å²) in [5.41, 5.74) is 18.5. The maximum atomic E-state index is 5.15. The van der Waals surface area contributed by atoms with Crippen molar-refractivity contribution in [1.82, 2.24) is 29.1 Å². The maximum absolute atomic E-state index is 5.15. The molecule has 6 nitrogen and oxygen atoms in total. The van der Waals surface area contributed by atoms with Crippen LogP contribution in [0.2, 0.25) is 0 Å². The highest BCUT2D eigenvalue weighted by Crippen LogP contribution is 2.44. The fourth-order valence-electron chi connectivity index (χ4n) is 10.7. The van der Waals surface area contributed by atoms with E-state index in [-0.39, 0.29) is 0 Å². The van der Waals surface area contributed by atoms with Crippen molar-refractivity contribution in [3.8, 4) is 90.3 Å². The number of aromatic nitrogens is 6. The molecule has 346 valence electrons. The molecule has 0 N–H and O–H groups in total. The number of benzene rings is 10. The van der Waals surface area contributed by atoms with Gasteiger partial charge in [0.25, 0.3) is 0 Å². The van der Waals surface area contributed by atoms with Gasteiger partial charge in [0.1, 0.15) is 0 Å². The first-order chi connectivity index (χ1) is 36.7. The molecule has 0 amide bonds. The van der Waals surface area contributed by atoms with Crippen LogP contribution in [0.1, 0.15) is 0 Å². The molecule has 4 heterocycles. The lowest BCUT2D eigenvalue weighted by Gasteiger charge is -2.16. The lowest BCUT2D eigenvalue weighted by molar-refractivity contribution is 1.16. The number of fused-ring (bicyclic) bond motifs is 6. The van der Waals surface area contributed by atoms with E-state index >= 15 is 0 Å². The van der Waals surface area contributed by atoms with Crippen molar-refractivity contribution in [1.29, 1.82) is 0 Å². The Balaban J connectivity index is 0.917. The van der Waals surface area contributed by atoms with E-state index in [4.69, 9.17) is 19.9 Å². The minimum atomic E-state index is 0.678. The number of hydrogen-bond acceptors (Lipinski definition) is 4. The highest BCUT2D eigenvalue weighted by atomic mass is 15.0. The zero-order valence-electron chi connectivity index (χ0n) is 40.1. The summed E-state index contributed by atoms with van der Waals surface area (Å²) in [5, 5.41) is 4.75. The van der Waals surface area contributed by atoms with Gasteiger partial charge in [-0.3, -0.25) is 0 Å². The third kappa shape index (κ3) is 7.44. The van der Waals surface area contributed by atoms with E-state index in [1.807, 2.05) is 24.3 Å². The zero-order valence-corrected chi connectivity index (χ0v) is 40.1. The van der Waals surface area contributed by atoms with E-state index in [1.165, 1.54) is 21.5 Å². The van der Waals surface area contributed by atoms with E-state index in [9.17, 15) is 0 Å². The van der Waals surface area contributed by atoms with Crippen molar-refractivity contribution in [3.63, 3.8) is 0 Å². The Bertz CT molecular complexity index is 3970. The fourth-order valence-corrected chi connectivity index (χ4v) is 10.7. The third-order valence-corrected chi connectivity index (χ3v) is 14.2. The van der Waals surface area contributed by atoms with Gasteiger partial charge < -0.3 is 9.13 Å². The van der Waals surface area contributed by atoms with Crippen LogP contribution < -0.4 is 0 Å². The molecule has 14 aromatic rings. The van der Waals surface area contributed by atoms with Crippen LogP contribution in [0.5, 0.6) is 0 Å². The summed E-state index contributed by atoms with van der Waals surface area (Å²) < 4.78 is 4.85. The van der Waals surface area contributed by atoms with Gasteiger partial charge >= 0.3 is 0 Å². The van der Waals surface area contributed by atoms with Gasteiger partial charge in [-0.25, -0.2) is 19.9 Å². The molecule has 0 radical (unpaired) electrons. The van der Waals surface area contributed by atoms with Gasteiger partial charge in [-0.05, 0) is 72.8 Å². The summed E-state index contributed by atoms with van der Waals surface area (Å²) in [6.45, 7) is 0. The van der Waals surface area contributed by atoms with Crippen LogP contribution in [0.15, 0.2) is 267 Å². The second-order valence-electron chi connectivity index (χ2n) is 18.6. The van der Waals surface area contributed by atoms with Crippen LogP contribution in [0.3, 0.4) is 0 Å². The first-order valence-electron chi connectivity index (χ1n) is 25.0. The highest BCUT2D eigenvalue weighted by molar-refractivity contribution is 6.19. The van der Waals surface area contributed by atoms with Gasteiger partial charge in [-0.2, -0.15) is 0 Å². The van der Waals surface area contributed by atoms with E-state index in [0.717, 1.165) is 101 Å². The quantitative estimate of drug-likeness (QED) is 0.145. The Labute approximate surface area is 427 Å². The highest BCUT2D eigenvalue weighted by Gasteiger charge is 2.22. The molecular weight excluding hydrogens is 901 g/mol. The molecule has 0 aliphatic rings. The van der Waals surface area contributed by atoms with E-state index in [0.29, 0.717) is 11.6 Å². The first kappa shape index (κ1) is 42.8. The van der Waals surface area contributed by atoms with Crippen LogP contribution in [0.4, 0.5) is 0 Å². The summed E-state index contributed by atoms with van der Waals surface area (Å²) in [6, 6.07) is 93.9. The van der Waals surface area contributed by atoms with Gasteiger partial charge in [0.15, 0.2) is 11.6 Å². The largest absolute Gasteiger partial charge is 0.309 e. The molecule has 0 bridgehead atoms. The summed E-state index contributed by atoms with van der Waals surface area (Å²) in [4.78, 5) is 20.6. The van der Waals surface area contributed by atoms with Crippen LogP contribution >= 0.6 is 0 Å².